The number of hydrogen-bond donors (Lipinski definition) is 1. The van der Waals surface area contributed by atoms with E-state index in [1.165, 1.54) is 9.21 Å². The number of anilines is 1. The molecule has 1 N–H and O–H groups in total. The molecule has 1 saturated heterocycles. The van der Waals surface area contributed by atoms with Gasteiger partial charge in [0.15, 0.2) is 0 Å². The number of carbonyl (C=O) groups excluding carboxylic acids is 1. The molecule has 1 unspecified atom stereocenters. The van der Waals surface area contributed by atoms with Gasteiger partial charge in [-0.2, -0.15) is 0 Å². The molecule has 1 heterocycles. The average Bonchev–Trinajstić information content (AvgIpc) is 2.90. The Hall–Kier alpha value is -2.09. The van der Waals surface area contributed by atoms with E-state index < -0.39 is 16.0 Å². The first kappa shape index (κ1) is 19.2. The number of aryl methyl sites for hydroxylation is 1. The second-order valence-corrected chi connectivity index (χ2v) is 8.34. The lowest BCUT2D eigenvalue weighted by atomic mass is 10.0. The van der Waals surface area contributed by atoms with E-state index in [0.717, 1.165) is 0 Å². The number of carbonyl (C=O) groups is 2. The minimum absolute atomic E-state index is 0.132. The largest absolute Gasteiger partial charge is 0.480 e. The summed E-state index contributed by atoms with van der Waals surface area (Å²) in [6.07, 6.45) is 1.23. The van der Waals surface area contributed by atoms with Gasteiger partial charge in [-0.1, -0.05) is 6.92 Å². The highest BCUT2D eigenvalue weighted by atomic mass is 32.2. The summed E-state index contributed by atoms with van der Waals surface area (Å²) in [6, 6.07) is 4.66. The molecule has 1 aromatic rings. The van der Waals surface area contributed by atoms with E-state index in [9.17, 15) is 18.0 Å². The molecule has 0 bridgehead atoms. The van der Waals surface area contributed by atoms with E-state index in [1.54, 1.807) is 32.0 Å². The SMILES string of the molecule is CCC(C)N(CC(=O)O)C(=O)c1ccc(N2CCCS2(=O)=O)cc1C. The fourth-order valence-electron chi connectivity index (χ4n) is 2.92. The number of sulfonamides is 1. The molecule has 138 valence electrons. The van der Waals surface area contributed by atoms with Crippen molar-refractivity contribution >= 4 is 27.6 Å². The zero-order chi connectivity index (χ0) is 18.8. The Morgan fingerprint density at radius 3 is 2.52 bits per heavy atom. The third kappa shape index (κ3) is 4.12. The van der Waals surface area contributed by atoms with Crippen LogP contribution in [0, 0.1) is 6.92 Å². The molecule has 8 heteroatoms. The molecule has 0 aromatic heterocycles. The summed E-state index contributed by atoms with van der Waals surface area (Å²) in [5.41, 5.74) is 1.56. The van der Waals surface area contributed by atoms with Crippen molar-refractivity contribution in [2.75, 3.05) is 23.1 Å². The molecule has 1 atom stereocenters. The van der Waals surface area contributed by atoms with Gasteiger partial charge in [-0.3, -0.25) is 13.9 Å². The highest BCUT2D eigenvalue weighted by molar-refractivity contribution is 7.93. The van der Waals surface area contributed by atoms with Crippen LogP contribution in [0.5, 0.6) is 0 Å². The van der Waals surface area contributed by atoms with E-state index >= 15 is 0 Å². The molecular weight excluding hydrogens is 344 g/mol. The number of aliphatic carboxylic acids is 1. The van der Waals surface area contributed by atoms with Crippen molar-refractivity contribution in [2.45, 2.75) is 39.7 Å². The number of amides is 1. The summed E-state index contributed by atoms with van der Waals surface area (Å²) in [6.45, 7) is 5.50. The van der Waals surface area contributed by atoms with Gasteiger partial charge in [0.05, 0.1) is 11.4 Å². The van der Waals surface area contributed by atoms with E-state index in [2.05, 4.69) is 0 Å². The first-order valence-corrected chi connectivity index (χ1v) is 9.92. The van der Waals surface area contributed by atoms with E-state index in [1.807, 2.05) is 6.92 Å². The summed E-state index contributed by atoms with van der Waals surface area (Å²) in [5.74, 6) is -1.29. The average molecular weight is 368 g/mol. The summed E-state index contributed by atoms with van der Waals surface area (Å²) >= 11 is 0. The van der Waals surface area contributed by atoms with Gasteiger partial charge in [-0.15, -0.1) is 0 Å². The van der Waals surface area contributed by atoms with Crippen molar-refractivity contribution in [3.63, 3.8) is 0 Å². The highest BCUT2D eigenvalue weighted by Crippen LogP contribution is 2.27. The Bertz CT molecular complexity index is 775. The zero-order valence-corrected chi connectivity index (χ0v) is 15.5. The van der Waals surface area contributed by atoms with Crippen LogP contribution in [-0.4, -0.2) is 55.2 Å². The van der Waals surface area contributed by atoms with Gasteiger partial charge in [-0.25, -0.2) is 8.42 Å². The van der Waals surface area contributed by atoms with E-state index in [0.29, 0.717) is 36.2 Å². The Morgan fingerprint density at radius 1 is 1.36 bits per heavy atom. The summed E-state index contributed by atoms with van der Waals surface area (Å²) in [4.78, 5) is 25.2. The molecule has 1 amide bonds. The van der Waals surface area contributed by atoms with Gasteiger partial charge in [0.1, 0.15) is 6.54 Å². The maximum atomic E-state index is 12.8. The monoisotopic (exact) mass is 368 g/mol. The van der Waals surface area contributed by atoms with Crippen molar-refractivity contribution in [3.8, 4) is 0 Å². The van der Waals surface area contributed by atoms with Crippen LogP contribution in [0.25, 0.3) is 0 Å². The first-order valence-electron chi connectivity index (χ1n) is 8.31. The van der Waals surface area contributed by atoms with Gasteiger partial charge in [-0.05, 0) is 50.5 Å². The van der Waals surface area contributed by atoms with Crippen molar-refractivity contribution < 1.29 is 23.1 Å². The molecule has 1 aromatic carbocycles. The fourth-order valence-corrected chi connectivity index (χ4v) is 4.48. The number of rotatable bonds is 6. The van der Waals surface area contributed by atoms with Crippen LogP contribution in [0.2, 0.25) is 0 Å². The topological polar surface area (TPSA) is 95.0 Å². The predicted molar refractivity (Wildman–Crippen MR) is 95.4 cm³/mol. The van der Waals surface area contributed by atoms with Crippen molar-refractivity contribution in [2.24, 2.45) is 0 Å². The molecule has 25 heavy (non-hydrogen) atoms. The third-order valence-electron chi connectivity index (χ3n) is 4.52. The second kappa shape index (κ2) is 7.43. The molecule has 0 aliphatic carbocycles. The third-order valence-corrected chi connectivity index (χ3v) is 6.39. The maximum absolute atomic E-state index is 12.8. The maximum Gasteiger partial charge on any atom is 0.323 e. The van der Waals surface area contributed by atoms with Crippen LogP contribution in [0.15, 0.2) is 18.2 Å². The van der Waals surface area contributed by atoms with Crippen LogP contribution in [-0.2, 0) is 14.8 Å². The molecule has 1 aliphatic heterocycles. The van der Waals surface area contributed by atoms with Crippen LogP contribution in [0.3, 0.4) is 0 Å². The number of benzene rings is 1. The first-order chi connectivity index (χ1) is 11.7. The van der Waals surface area contributed by atoms with E-state index in [4.69, 9.17) is 5.11 Å². The van der Waals surface area contributed by atoms with Gasteiger partial charge in [0.25, 0.3) is 5.91 Å². The predicted octanol–water partition coefficient (Wildman–Crippen LogP) is 1.86. The fraction of sp³-hybridized carbons (Fsp3) is 0.529. The number of carboxylic acid groups (broad SMARTS) is 1. The molecular formula is C17H24N2O5S. The lowest BCUT2D eigenvalue weighted by Crippen LogP contribution is -2.42. The molecule has 2 rings (SSSR count). The minimum atomic E-state index is -3.28. The van der Waals surface area contributed by atoms with Crippen LogP contribution in [0.1, 0.15) is 42.6 Å². The normalized spacial score (nSPS) is 17.3. The Labute approximate surface area is 148 Å². The minimum Gasteiger partial charge on any atom is -0.480 e. The van der Waals surface area contributed by atoms with E-state index in [-0.39, 0.29) is 24.2 Å². The molecule has 1 aliphatic rings. The molecule has 0 saturated carbocycles. The second-order valence-electron chi connectivity index (χ2n) is 6.32. The number of hydrogen-bond acceptors (Lipinski definition) is 4. The Morgan fingerprint density at radius 2 is 2.04 bits per heavy atom. The molecule has 7 nitrogen and oxygen atoms in total. The van der Waals surface area contributed by atoms with Gasteiger partial charge < -0.3 is 10.0 Å². The van der Waals surface area contributed by atoms with Gasteiger partial charge >= 0.3 is 5.97 Å². The standard InChI is InChI=1S/C17H24N2O5S/c1-4-13(3)18(11-16(20)21)17(22)15-7-6-14(10-12(15)2)19-8-5-9-25(19,23)24/h6-7,10,13H,4-5,8-9,11H2,1-3H3,(H,20,21). The zero-order valence-electron chi connectivity index (χ0n) is 14.7. The Balaban J connectivity index is 2.33. The quantitative estimate of drug-likeness (QED) is 0.827. The smallest absolute Gasteiger partial charge is 0.323 e. The van der Waals surface area contributed by atoms with Crippen molar-refractivity contribution in [1.82, 2.24) is 4.90 Å². The molecule has 1 fully saturated rings. The Kier molecular flexibility index (Phi) is 5.72. The van der Waals surface area contributed by atoms with Crippen molar-refractivity contribution in [1.29, 1.82) is 0 Å². The molecule has 0 spiro atoms. The van der Waals surface area contributed by atoms with Crippen LogP contribution >= 0.6 is 0 Å². The summed E-state index contributed by atoms with van der Waals surface area (Å²) in [7, 11) is -3.28. The van der Waals surface area contributed by atoms with Crippen molar-refractivity contribution in [3.05, 3.63) is 29.3 Å². The lowest BCUT2D eigenvalue weighted by molar-refractivity contribution is -0.138. The highest BCUT2D eigenvalue weighted by Gasteiger charge is 2.29. The summed E-state index contributed by atoms with van der Waals surface area (Å²) in [5, 5.41) is 9.07. The number of carboxylic acids is 1. The van der Waals surface area contributed by atoms with Gasteiger partial charge in [0.2, 0.25) is 10.0 Å². The molecule has 0 radical (unpaired) electrons. The van der Waals surface area contributed by atoms with Crippen LogP contribution < -0.4 is 4.31 Å². The lowest BCUT2D eigenvalue weighted by Gasteiger charge is -2.28. The summed E-state index contributed by atoms with van der Waals surface area (Å²) < 4.78 is 25.4. The van der Waals surface area contributed by atoms with Crippen LogP contribution in [0.4, 0.5) is 5.69 Å². The van der Waals surface area contributed by atoms with Gasteiger partial charge in [0, 0.05) is 18.2 Å². The number of nitrogens with zero attached hydrogens (tertiary/aromatic N) is 2.